The van der Waals surface area contributed by atoms with E-state index in [1.54, 1.807) is 11.3 Å². The minimum absolute atomic E-state index is 0.814. The molecule has 0 radical (unpaired) electrons. The number of ether oxygens (including phenoxy) is 1. The lowest BCUT2D eigenvalue weighted by Crippen LogP contribution is -1.97. The molecule has 0 saturated carbocycles. The lowest BCUT2D eigenvalue weighted by Gasteiger charge is -2.06. The van der Waals surface area contributed by atoms with Gasteiger partial charge in [-0.2, -0.15) is 0 Å². The zero-order valence-electron chi connectivity index (χ0n) is 15.0. The molecule has 25 heavy (non-hydrogen) atoms. The summed E-state index contributed by atoms with van der Waals surface area (Å²) in [5.74, 6) is 0.954. The van der Waals surface area contributed by atoms with Crippen LogP contribution in [-0.2, 0) is 0 Å². The molecule has 3 heteroatoms. The molecule has 2 nitrogen and oxygen atoms in total. The summed E-state index contributed by atoms with van der Waals surface area (Å²) in [7, 11) is 0. The summed E-state index contributed by atoms with van der Waals surface area (Å²) in [4.78, 5) is 4.71. The first-order valence-corrected chi connectivity index (χ1v) is 10.3. The van der Waals surface area contributed by atoms with Crippen molar-refractivity contribution in [2.75, 3.05) is 6.61 Å². The summed E-state index contributed by atoms with van der Waals surface area (Å²) in [6.07, 6.45) is 9.18. The number of para-hydroxylation sites is 1. The van der Waals surface area contributed by atoms with Gasteiger partial charge in [-0.05, 0) is 42.8 Å². The highest BCUT2D eigenvalue weighted by atomic mass is 32.1. The van der Waals surface area contributed by atoms with Crippen LogP contribution < -0.4 is 4.74 Å². The maximum atomic E-state index is 5.87. The van der Waals surface area contributed by atoms with Gasteiger partial charge < -0.3 is 4.74 Å². The van der Waals surface area contributed by atoms with Crippen LogP contribution in [0.25, 0.3) is 20.8 Å². The third kappa shape index (κ3) is 5.30. The molecule has 0 bridgehead atoms. The molecule has 0 fully saturated rings. The molecule has 0 spiro atoms. The molecule has 0 N–H and O–H groups in total. The third-order valence-electron chi connectivity index (χ3n) is 4.41. The van der Waals surface area contributed by atoms with Crippen LogP contribution in [0.3, 0.4) is 0 Å². The Hall–Kier alpha value is -1.87. The van der Waals surface area contributed by atoms with Crippen molar-refractivity contribution in [2.24, 2.45) is 0 Å². The van der Waals surface area contributed by atoms with E-state index in [4.69, 9.17) is 9.72 Å². The first-order chi connectivity index (χ1) is 12.4. The van der Waals surface area contributed by atoms with Crippen LogP contribution in [0.4, 0.5) is 0 Å². The largest absolute Gasteiger partial charge is 0.494 e. The monoisotopic (exact) mass is 353 g/mol. The van der Waals surface area contributed by atoms with Crippen LogP contribution in [0.2, 0.25) is 0 Å². The second-order valence-corrected chi connectivity index (χ2v) is 7.51. The van der Waals surface area contributed by atoms with Crippen molar-refractivity contribution < 1.29 is 4.74 Å². The van der Waals surface area contributed by atoms with Crippen molar-refractivity contribution in [2.45, 2.75) is 51.9 Å². The number of benzene rings is 2. The highest BCUT2D eigenvalue weighted by molar-refractivity contribution is 7.21. The number of nitrogens with zero attached hydrogens (tertiary/aromatic N) is 1. The van der Waals surface area contributed by atoms with Crippen LogP contribution in [0.5, 0.6) is 5.75 Å². The van der Waals surface area contributed by atoms with Crippen molar-refractivity contribution in [1.29, 1.82) is 0 Å². The van der Waals surface area contributed by atoms with Gasteiger partial charge in [0.05, 0.1) is 16.8 Å². The predicted octanol–water partition coefficient (Wildman–Crippen LogP) is 7.09. The van der Waals surface area contributed by atoms with E-state index in [0.717, 1.165) is 34.9 Å². The quantitative estimate of drug-likeness (QED) is 0.363. The van der Waals surface area contributed by atoms with E-state index < -0.39 is 0 Å². The molecule has 1 heterocycles. The van der Waals surface area contributed by atoms with Gasteiger partial charge in [-0.25, -0.2) is 4.98 Å². The number of thiazole rings is 1. The van der Waals surface area contributed by atoms with Gasteiger partial charge in [0.2, 0.25) is 0 Å². The summed E-state index contributed by atoms with van der Waals surface area (Å²) >= 11 is 1.74. The zero-order valence-corrected chi connectivity index (χ0v) is 15.9. The maximum absolute atomic E-state index is 5.87. The van der Waals surface area contributed by atoms with E-state index in [2.05, 4.69) is 49.4 Å². The molecule has 2 aromatic carbocycles. The summed E-state index contributed by atoms with van der Waals surface area (Å²) in [5.41, 5.74) is 2.23. The molecule has 132 valence electrons. The summed E-state index contributed by atoms with van der Waals surface area (Å²) in [5, 5.41) is 1.07. The average molecular weight is 354 g/mol. The molecule has 0 aliphatic heterocycles. The number of hydrogen-bond acceptors (Lipinski definition) is 3. The van der Waals surface area contributed by atoms with Crippen LogP contribution >= 0.6 is 11.3 Å². The van der Waals surface area contributed by atoms with E-state index in [0.29, 0.717) is 0 Å². The summed E-state index contributed by atoms with van der Waals surface area (Å²) in [6.45, 7) is 3.07. The molecule has 0 aliphatic rings. The number of unbranched alkanes of at least 4 members (excludes halogenated alkanes) is 6. The van der Waals surface area contributed by atoms with Gasteiger partial charge in [-0.15, -0.1) is 11.3 Å². The van der Waals surface area contributed by atoms with E-state index >= 15 is 0 Å². The topological polar surface area (TPSA) is 22.1 Å². The Kier molecular flexibility index (Phi) is 6.87. The maximum Gasteiger partial charge on any atom is 0.124 e. The van der Waals surface area contributed by atoms with Gasteiger partial charge in [0.1, 0.15) is 10.8 Å². The van der Waals surface area contributed by atoms with Crippen molar-refractivity contribution >= 4 is 21.6 Å². The number of hydrogen-bond donors (Lipinski definition) is 0. The second kappa shape index (κ2) is 9.57. The number of aromatic nitrogens is 1. The van der Waals surface area contributed by atoms with Gasteiger partial charge in [0, 0.05) is 5.56 Å². The molecular weight excluding hydrogens is 326 g/mol. The molecule has 1 aromatic heterocycles. The predicted molar refractivity (Wildman–Crippen MR) is 109 cm³/mol. The molecule has 0 saturated heterocycles. The lowest BCUT2D eigenvalue weighted by molar-refractivity contribution is 0.304. The average Bonchev–Trinajstić information content (AvgIpc) is 3.08. The molecular formula is C22H27NOS. The number of fused-ring (bicyclic) bond motifs is 1. The highest BCUT2D eigenvalue weighted by Crippen LogP contribution is 2.30. The summed E-state index contributed by atoms with van der Waals surface area (Å²) < 4.78 is 7.10. The van der Waals surface area contributed by atoms with E-state index in [1.807, 2.05) is 6.07 Å². The molecule has 0 atom stereocenters. The Balaban J connectivity index is 1.44. The van der Waals surface area contributed by atoms with E-state index in [-0.39, 0.29) is 0 Å². The highest BCUT2D eigenvalue weighted by Gasteiger charge is 2.05. The van der Waals surface area contributed by atoms with E-state index in [9.17, 15) is 0 Å². The van der Waals surface area contributed by atoms with Crippen molar-refractivity contribution in [3.8, 4) is 16.3 Å². The Labute approximate surface area is 154 Å². The fourth-order valence-electron chi connectivity index (χ4n) is 2.94. The molecule has 3 rings (SSSR count). The van der Waals surface area contributed by atoms with Crippen molar-refractivity contribution in [1.82, 2.24) is 4.98 Å². The third-order valence-corrected chi connectivity index (χ3v) is 5.50. The Morgan fingerprint density at radius 3 is 2.32 bits per heavy atom. The van der Waals surface area contributed by atoms with Gasteiger partial charge in [-0.3, -0.25) is 0 Å². The molecule has 0 aliphatic carbocycles. The lowest BCUT2D eigenvalue weighted by atomic mass is 10.1. The Morgan fingerprint density at radius 2 is 1.56 bits per heavy atom. The van der Waals surface area contributed by atoms with Gasteiger partial charge >= 0.3 is 0 Å². The zero-order chi connectivity index (χ0) is 17.3. The Morgan fingerprint density at radius 1 is 0.840 bits per heavy atom. The smallest absolute Gasteiger partial charge is 0.124 e. The first kappa shape index (κ1) is 17.9. The minimum Gasteiger partial charge on any atom is -0.494 e. The van der Waals surface area contributed by atoms with Gasteiger partial charge in [-0.1, -0.05) is 57.6 Å². The van der Waals surface area contributed by atoms with Gasteiger partial charge in [0.15, 0.2) is 0 Å². The SMILES string of the molecule is CCCCCCCCCOc1ccc(-c2nc3ccccc3s2)cc1. The van der Waals surface area contributed by atoms with Crippen molar-refractivity contribution in [3.05, 3.63) is 48.5 Å². The van der Waals surface area contributed by atoms with Crippen LogP contribution in [0.15, 0.2) is 48.5 Å². The van der Waals surface area contributed by atoms with Crippen LogP contribution in [0, 0.1) is 0 Å². The first-order valence-electron chi connectivity index (χ1n) is 9.45. The van der Waals surface area contributed by atoms with Crippen molar-refractivity contribution in [3.63, 3.8) is 0 Å². The van der Waals surface area contributed by atoms with Gasteiger partial charge in [0.25, 0.3) is 0 Å². The standard InChI is InChI=1S/C22H27NOS/c1-2-3-4-5-6-7-10-17-24-19-15-13-18(14-16-19)22-23-20-11-8-9-12-21(20)25-22/h8-9,11-16H,2-7,10,17H2,1H3. The fraction of sp³-hybridized carbons (Fsp3) is 0.409. The normalized spacial score (nSPS) is 11.1. The Bertz CT molecular complexity index is 730. The fourth-order valence-corrected chi connectivity index (χ4v) is 3.91. The van der Waals surface area contributed by atoms with Crippen LogP contribution in [-0.4, -0.2) is 11.6 Å². The second-order valence-electron chi connectivity index (χ2n) is 6.48. The summed E-state index contributed by atoms with van der Waals surface area (Å²) in [6, 6.07) is 16.6. The molecule has 3 aromatic rings. The minimum atomic E-state index is 0.814. The van der Waals surface area contributed by atoms with Crippen LogP contribution in [0.1, 0.15) is 51.9 Å². The molecule has 0 unspecified atom stereocenters. The van der Waals surface area contributed by atoms with E-state index in [1.165, 1.54) is 43.2 Å². The molecule has 0 amide bonds. The number of rotatable bonds is 10.